The van der Waals surface area contributed by atoms with Crippen molar-refractivity contribution in [3.63, 3.8) is 0 Å². The van der Waals surface area contributed by atoms with E-state index >= 15 is 0 Å². The number of aryl methyl sites for hydroxylation is 1. The molecule has 7 heteroatoms. The molecule has 2 aromatic carbocycles. The monoisotopic (exact) mass is 457 g/mol. The van der Waals surface area contributed by atoms with Crippen molar-refractivity contribution in [1.82, 2.24) is 9.80 Å². The zero-order valence-electron chi connectivity index (χ0n) is 17.9. The normalized spacial score (nSPS) is 18.3. The summed E-state index contributed by atoms with van der Waals surface area (Å²) >= 11 is 12.6. The molecule has 162 valence electrons. The number of likely N-dealkylation sites (N-methyl/N-ethyl adjacent to an activating group) is 1. The van der Waals surface area contributed by atoms with E-state index in [4.69, 9.17) is 23.2 Å². The molecule has 1 saturated heterocycles. The maximum atomic E-state index is 13.6. The molecule has 0 atom stereocenters. The second kappa shape index (κ2) is 8.65. The van der Waals surface area contributed by atoms with Crippen LogP contribution in [0.5, 0.6) is 0 Å². The summed E-state index contributed by atoms with van der Waals surface area (Å²) in [5, 5.41) is 0.829. The van der Waals surface area contributed by atoms with Crippen LogP contribution in [0.3, 0.4) is 0 Å². The molecular weight excluding hydrogens is 433 g/mol. The zero-order valence-corrected chi connectivity index (χ0v) is 19.4. The minimum absolute atomic E-state index is 0.169. The minimum Gasteiger partial charge on any atom is -0.366 e. The van der Waals surface area contributed by atoms with Crippen LogP contribution in [0.2, 0.25) is 10.0 Å². The third-order valence-corrected chi connectivity index (χ3v) is 6.69. The molecule has 31 heavy (non-hydrogen) atoms. The van der Waals surface area contributed by atoms with Gasteiger partial charge in [-0.15, -0.1) is 0 Å². The largest absolute Gasteiger partial charge is 0.366 e. The molecule has 2 amide bonds. The van der Waals surface area contributed by atoms with Gasteiger partial charge in [0.25, 0.3) is 11.8 Å². The van der Waals surface area contributed by atoms with Crippen LogP contribution in [0.25, 0.3) is 5.57 Å². The molecule has 1 fully saturated rings. The maximum absolute atomic E-state index is 13.6. The highest BCUT2D eigenvalue weighted by Crippen LogP contribution is 2.39. The topological polar surface area (TPSA) is 43.9 Å². The predicted octanol–water partition coefficient (Wildman–Crippen LogP) is 4.61. The fraction of sp³-hybridized carbons (Fsp3) is 0.333. The molecule has 0 aromatic heterocycles. The third-order valence-electron chi connectivity index (χ3n) is 6.14. The fourth-order valence-corrected chi connectivity index (χ4v) is 4.78. The van der Waals surface area contributed by atoms with Crippen molar-refractivity contribution in [2.24, 2.45) is 0 Å². The molecule has 2 aromatic rings. The van der Waals surface area contributed by atoms with Gasteiger partial charge >= 0.3 is 0 Å². The Hall–Kier alpha value is -2.34. The standard InChI is InChI=1S/C24H25Cl2N3O2/c1-15-4-7-18(8-5-15)29-23(30)21(19-9-6-16(25)14-20(19)26)22(24(29)31)28(3)17-10-12-27(2)13-11-17/h4-9,14,17H,10-13H2,1-3H3. The van der Waals surface area contributed by atoms with Crippen molar-refractivity contribution >= 4 is 46.3 Å². The summed E-state index contributed by atoms with van der Waals surface area (Å²) in [6, 6.07) is 12.6. The Morgan fingerprint density at radius 3 is 2.23 bits per heavy atom. The summed E-state index contributed by atoms with van der Waals surface area (Å²) in [4.78, 5) is 32.7. The molecular formula is C24H25Cl2N3O2. The van der Waals surface area contributed by atoms with Crippen molar-refractivity contribution in [3.05, 3.63) is 69.3 Å². The first-order valence-electron chi connectivity index (χ1n) is 10.3. The Morgan fingerprint density at radius 1 is 0.968 bits per heavy atom. The fourth-order valence-electron chi connectivity index (χ4n) is 4.27. The van der Waals surface area contributed by atoms with Gasteiger partial charge in [0.1, 0.15) is 5.70 Å². The number of benzene rings is 2. The number of nitrogens with zero attached hydrogens (tertiary/aromatic N) is 3. The Bertz CT molecular complexity index is 1060. The van der Waals surface area contributed by atoms with Gasteiger partial charge in [-0.1, -0.05) is 47.0 Å². The molecule has 0 radical (unpaired) electrons. The molecule has 0 aliphatic carbocycles. The molecule has 4 rings (SSSR count). The number of amides is 2. The molecule has 0 saturated carbocycles. The second-order valence-corrected chi connectivity index (χ2v) is 9.12. The first-order chi connectivity index (χ1) is 14.8. The average molecular weight is 458 g/mol. The summed E-state index contributed by atoms with van der Waals surface area (Å²) < 4.78 is 0. The molecule has 5 nitrogen and oxygen atoms in total. The van der Waals surface area contributed by atoms with Crippen LogP contribution in [0.4, 0.5) is 5.69 Å². The molecule has 0 bridgehead atoms. The van der Waals surface area contributed by atoms with Crippen LogP contribution >= 0.6 is 23.2 Å². The molecule has 2 aliphatic heterocycles. The maximum Gasteiger partial charge on any atom is 0.282 e. The molecule has 2 aliphatic rings. The van der Waals surface area contributed by atoms with Crippen LogP contribution < -0.4 is 4.90 Å². The highest BCUT2D eigenvalue weighted by molar-refractivity contribution is 6.47. The second-order valence-electron chi connectivity index (χ2n) is 8.27. The number of carbonyl (C=O) groups is 2. The summed E-state index contributed by atoms with van der Waals surface area (Å²) in [5.41, 5.74) is 2.85. The lowest BCUT2D eigenvalue weighted by molar-refractivity contribution is -0.120. The SMILES string of the molecule is Cc1ccc(N2C(=O)C(c3ccc(Cl)cc3Cl)=C(N(C)C3CCN(C)CC3)C2=O)cc1. The number of rotatable bonds is 4. The lowest BCUT2D eigenvalue weighted by Gasteiger charge is -2.36. The van der Waals surface area contributed by atoms with Crippen LogP contribution in [0.15, 0.2) is 48.2 Å². The summed E-state index contributed by atoms with van der Waals surface area (Å²) in [5.74, 6) is -0.691. The van der Waals surface area contributed by atoms with E-state index in [0.717, 1.165) is 31.5 Å². The number of carbonyl (C=O) groups excluding carboxylic acids is 2. The Balaban J connectivity index is 1.81. The number of piperidine rings is 1. The molecule has 0 unspecified atom stereocenters. The van der Waals surface area contributed by atoms with E-state index in [9.17, 15) is 9.59 Å². The van der Waals surface area contributed by atoms with Crippen LogP contribution in [-0.4, -0.2) is 54.8 Å². The van der Waals surface area contributed by atoms with E-state index in [0.29, 0.717) is 32.6 Å². The van der Waals surface area contributed by atoms with E-state index in [1.165, 1.54) is 4.90 Å². The van der Waals surface area contributed by atoms with Gasteiger partial charge in [0, 0.05) is 23.7 Å². The van der Waals surface area contributed by atoms with Crippen LogP contribution in [-0.2, 0) is 9.59 Å². The van der Waals surface area contributed by atoms with E-state index < -0.39 is 0 Å². The number of halogens is 2. The molecule has 0 N–H and O–H groups in total. The zero-order chi connectivity index (χ0) is 22.3. The number of likely N-dealkylation sites (tertiary alicyclic amines) is 1. The predicted molar refractivity (Wildman–Crippen MR) is 125 cm³/mol. The van der Waals surface area contributed by atoms with Gasteiger partial charge in [0.2, 0.25) is 0 Å². The van der Waals surface area contributed by atoms with Gasteiger partial charge in [-0.25, -0.2) is 4.90 Å². The summed E-state index contributed by atoms with van der Waals surface area (Å²) in [6.07, 6.45) is 1.84. The quantitative estimate of drug-likeness (QED) is 0.628. The van der Waals surface area contributed by atoms with Crippen molar-refractivity contribution in [1.29, 1.82) is 0 Å². The number of imide groups is 1. The van der Waals surface area contributed by atoms with E-state index in [-0.39, 0.29) is 17.9 Å². The van der Waals surface area contributed by atoms with Crippen LogP contribution in [0, 0.1) is 6.92 Å². The highest BCUT2D eigenvalue weighted by Gasteiger charge is 2.43. The molecule has 2 heterocycles. The smallest absolute Gasteiger partial charge is 0.282 e. The van der Waals surface area contributed by atoms with Gasteiger partial charge in [-0.3, -0.25) is 9.59 Å². The lowest BCUT2D eigenvalue weighted by Crippen LogP contribution is -2.43. The van der Waals surface area contributed by atoms with Gasteiger partial charge in [-0.05, 0) is 64.2 Å². The van der Waals surface area contributed by atoms with Crippen LogP contribution in [0.1, 0.15) is 24.0 Å². The summed E-state index contributed by atoms with van der Waals surface area (Å²) in [7, 11) is 4.00. The average Bonchev–Trinajstić information content (AvgIpc) is 2.99. The Kier molecular flexibility index (Phi) is 6.11. The number of hydrogen-bond acceptors (Lipinski definition) is 4. The number of anilines is 1. The summed E-state index contributed by atoms with van der Waals surface area (Å²) in [6.45, 7) is 3.86. The van der Waals surface area contributed by atoms with E-state index in [1.807, 2.05) is 31.0 Å². The van der Waals surface area contributed by atoms with Crippen molar-refractivity contribution in [2.45, 2.75) is 25.8 Å². The van der Waals surface area contributed by atoms with Gasteiger partial charge in [0.05, 0.1) is 16.3 Å². The van der Waals surface area contributed by atoms with Gasteiger partial charge in [-0.2, -0.15) is 0 Å². The number of hydrogen-bond donors (Lipinski definition) is 0. The lowest BCUT2D eigenvalue weighted by atomic mass is 10.00. The van der Waals surface area contributed by atoms with Gasteiger partial charge in [0.15, 0.2) is 0 Å². The Morgan fingerprint density at radius 2 is 1.61 bits per heavy atom. The van der Waals surface area contributed by atoms with Crippen molar-refractivity contribution in [2.75, 3.05) is 32.1 Å². The van der Waals surface area contributed by atoms with Crippen molar-refractivity contribution < 1.29 is 9.59 Å². The highest BCUT2D eigenvalue weighted by atomic mass is 35.5. The minimum atomic E-state index is -0.368. The van der Waals surface area contributed by atoms with E-state index in [2.05, 4.69) is 11.9 Å². The van der Waals surface area contributed by atoms with E-state index in [1.54, 1.807) is 30.3 Å². The van der Waals surface area contributed by atoms with Crippen molar-refractivity contribution in [3.8, 4) is 0 Å². The molecule has 0 spiro atoms. The first-order valence-corrected chi connectivity index (χ1v) is 11.1. The first kappa shape index (κ1) is 21.9. The Labute approximate surface area is 192 Å². The van der Waals surface area contributed by atoms with Gasteiger partial charge < -0.3 is 9.80 Å². The third kappa shape index (κ3) is 4.10.